The lowest BCUT2D eigenvalue weighted by molar-refractivity contribution is 0.394. The number of aromatic nitrogens is 9. The second-order valence-electron chi connectivity index (χ2n) is 7.16. The smallest absolute Gasteiger partial charge is 0.194 e. The molecule has 0 saturated heterocycles. The number of benzene rings is 1. The molecule has 0 fully saturated rings. The molecule has 1 aromatic carbocycles. The zero-order valence-electron chi connectivity index (χ0n) is 18.2. The fraction of sp³-hybridized carbons (Fsp3) is 0.190. The fourth-order valence-electron chi connectivity index (χ4n) is 3.37. The van der Waals surface area contributed by atoms with Crippen LogP contribution in [0.1, 0.15) is 5.82 Å². The number of pyridine rings is 1. The van der Waals surface area contributed by atoms with Gasteiger partial charge in [0.05, 0.1) is 44.5 Å². The van der Waals surface area contributed by atoms with Gasteiger partial charge in [-0.2, -0.15) is 10.3 Å². The number of fused-ring (bicyclic) bond motifs is 1. The number of nitrogens with zero attached hydrogens (tertiary/aromatic N) is 9. The van der Waals surface area contributed by atoms with Crippen LogP contribution in [0.4, 0.5) is 11.5 Å². The first-order chi connectivity index (χ1) is 16.1. The first-order valence-electron chi connectivity index (χ1n) is 9.98. The summed E-state index contributed by atoms with van der Waals surface area (Å²) in [5.41, 5.74) is 3.50. The van der Waals surface area contributed by atoms with Gasteiger partial charge in [-0.1, -0.05) is 5.21 Å². The number of methoxy groups -OCH3 is 2. The van der Waals surface area contributed by atoms with E-state index < -0.39 is 0 Å². The SMILES string of the molecule is COc1cc(OC)cc(N(Cc2nn[nH]n2)c2ccc3ncc(-c4cnn(C)c4)nc3n2)c1. The lowest BCUT2D eigenvalue weighted by Gasteiger charge is -2.23. The van der Waals surface area contributed by atoms with Gasteiger partial charge in [-0.15, -0.1) is 10.2 Å². The Morgan fingerprint density at radius 1 is 1.03 bits per heavy atom. The third-order valence-corrected chi connectivity index (χ3v) is 5.01. The van der Waals surface area contributed by atoms with Crippen molar-refractivity contribution in [3.05, 3.63) is 54.7 Å². The molecule has 0 amide bonds. The normalized spacial score (nSPS) is 11.0. The molecule has 0 saturated carbocycles. The summed E-state index contributed by atoms with van der Waals surface area (Å²) in [4.78, 5) is 15.9. The van der Waals surface area contributed by atoms with Crippen LogP contribution in [0, 0.1) is 0 Å². The van der Waals surface area contributed by atoms with Gasteiger partial charge in [0.15, 0.2) is 11.5 Å². The molecule has 4 heterocycles. The van der Waals surface area contributed by atoms with Crippen molar-refractivity contribution < 1.29 is 9.47 Å². The van der Waals surface area contributed by atoms with Gasteiger partial charge in [0.1, 0.15) is 22.8 Å². The maximum Gasteiger partial charge on any atom is 0.194 e. The number of anilines is 2. The Morgan fingerprint density at radius 3 is 2.52 bits per heavy atom. The van der Waals surface area contributed by atoms with E-state index in [1.54, 1.807) is 37.4 Å². The van der Waals surface area contributed by atoms with E-state index in [1.807, 2.05) is 42.4 Å². The van der Waals surface area contributed by atoms with Crippen LogP contribution in [-0.2, 0) is 13.6 Å². The van der Waals surface area contributed by atoms with Gasteiger partial charge in [-0.25, -0.2) is 9.97 Å². The minimum absolute atomic E-state index is 0.307. The Balaban J connectivity index is 1.61. The maximum absolute atomic E-state index is 5.45. The van der Waals surface area contributed by atoms with E-state index in [0.29, 0.717) is 46.5 Å². The summed E-state index contributed by atoms with van der Waals surface area (Å²) >= 11 is 0. The van der Waals surface area contributed by atoms with E-state index in [4.69, 9.17) is 19.4 Å². The van der Waals surface area contributed by atoms with Crippen LogP contribution < -0.4 is 14.4 Å². The second-order valence-corrected chi connectivity index (χ2v) is 7.16. The molecule has 0 radical (unpaired) electrons. The average molecular weight is 444 g/mol. The number of nitrogens with one attached hydrogen (secondary N) is 1. The molecule has 0 unspecified atom stereocenters. The monoisotopic (exact) mass is 444 g/mol. The van der Waals surface area contributed by atoms with Crippen LogP contribution in [0.25, 0.3) is 22.4 Å². The Morgan fingerprint density at radius 2 is 1.85 bits per heavy atom. The van der Waals surface area contributed by atoms with Gasteiger partial charge >= 0.3 is 0 Å². The highest BCUT2D eigenvalue weighted by atomic mass is 16.5. The number of ether oxygens (including phenoxy) is 2. The maximum atomic E-state index is 5.45. The topological polar surface area (TPSA) is 133 Å². The summed E-state index contributed by atoms with van der Waals surface area (Å²) < 4.78 is 12.6. The molecule has 0 aliphatic heterocycles. The standard InChI is InChI=1S/C21H20N10O2/c1-30-11-13(9-23-30)18-10-22-17-4-5-20(25-21(17)24-18)31(12-19-26-28-29-27-19)14-6-15(32-2)8-16(7-14)33-3/h4-11H,12H2,1-3H3,(H,26,27,28,29). The number of tetrazole rings is 1. The lowest BCUT2D eigenvalue weighted by Crippen LogP contribution is -2.19. The number of H-pyrrole nitrogens is 1. The number of hydrogen-bond acceptors (Lipinski definition) is 10. The highest BCUT2D eigenvalue weighted by molar-refractivity contribution is 5.77. The van der Waals surface area contributed by atoms with Crippen molar-refractivity contribution in [2.45, 2.75) is 6.54 Å². The van der Waals surface area contributed by atoms with Crippen molar-refractivity contribution in [1.82, 2.24) is 45.4 Å². The molecule has 12 nitrogen and oxygen atoms in total. The van der Waals surface area contributed by atoms with Gasteiger partial charge in [-0.3, -0.25) is 9.67 Å². The van der Waals surface area contributed by atoms with E-state index in [2.05, 4.69) is 30.7 Å². The highest BCUT2D eigenvalue weighted by Crippen LogP contribution is 2.33. The molecule has 5 aromatic rings. The van der Waals surface area contributed by atoms with Gasteiger partial charge in [-0.05, 0) is 12.1 Å². The molecular weight excluding hydrogens is 424 g/mol. The molecule has 0 spiro atoms. The molecule has 166 valence electrons. The van der Waals surface area contributed by atoms with Crippen LogP contribution >= 0.6 is 0 Å². The van der Waals surface area contributed by atoms with Gasteiger partial charge < -0.3 is 14.4 Å². The quantitative estimate of drug-likeness (QED) is 0.398. The molecule has 0 atom stereocenters. The molecule has 0 bridgehead atoms. The van der Waals surface area contributed by atoms with Crippen LogP contribution in [0.2, 0.25) is 0 Å². The average Bonchev–Trinajstić information content (AvgIpc) is 3.53. The predicted octanol–water partition coefficient (Wildman–Crippen LogP) is 2.29. The van der Waals surface area contributed by atoms with E-state index in [-0.39, 0.29) is 0 Å². The number of aryl methyl sites for hydroxylation is 1. The van der Waals surface area contributed by atoms with Crippen molar-refractivity contribution in [2.75, 3.05) is 19.1 Å². The van der Waals surface area contributed by atoms with E-state index in [9.17, 15) is 0 Å². The number of aromatic amines is 1. The van der Waals surface area contributed by atoms with Gasteiger partial charge in [0.25, 0.3) is 0 Å². The predicted molar refractivity (Wildman–Crippen MR) is 119 cm³/mol. The first-order valence-corrected chi connectivity index (χ1v) is 9.98. The third-order valence-electron chi connectivity index (χ3n) is 5.01. The van der Waals surface area contributed by atoms with Gasteiger partial charge in [0, 0.05) is 37.0 Å². The van der Waals surface area contributed by atoms with Crippen molar-refractivity contribution in [3.8, 4) is 22.8 Å². The Kier molecular flexibility index (Phi) is 5.23. The summed E-state index contributed by atoms with van der Waals surface area (Å²) in [5.74, 6) is 2.40. The van der Waals surface area contributed by atoms with Crippen LogP contribution in [0.15, 0.2) is 48.9 Å². The molecule has 1 N–H and O–H groups in total. The molecule has 5 rings (SSSR count). The Bertz CT molecular complexity index is 1380. The van der Waals surface area contributed by atoms with Crippen molar-refractivity contribution in [1.29, 1.82) is 0 Å². The number of hydrogen-bond donors (Lipinski definition) is 1. The summed E-state index contributed by atoms with van der Waals surface area (Å²) in [6.07, 6.45) is 5.33. The first kappa shape index (κ1) is 20.3. The number of rotatable bonds is 7. The van der Waals surface area contributed by atoms with Crippen LogP contribution in [0.3, 0.4) is 0 Å². The van der Waals surface area contributed by atoms with Crippen molar-refractivity contribution in [3.63, 3.8) is 0 Å². The molecule has 0 aliphatic rings. The summed E-state index contributed by atoms with van der Waals surface area (Å²) in [7, 11) is 5.06. The van der Waals surface area contributed by atoms with Crippen molar-refractivity contribution in [2.24, 2.45) is 7.05 Å². The second kappa shape index (κ2) is 8.49. The summed E-state index contributed by atoms with van der Waals surface area (Å²) in [6, 6.07) is 9.30. The largest absolute Gasteiger partial charge is 0.497 e. The van der Waals surface area contributed by atoms with Crippen LogP contribution in [-0.4, -0.2) is 59.6 Å². The molecule has 4 aromatic heterocycles. The van der Waals surface area contributed by atoms with Crippen molar-refractivity contribution >= 4 is 22.7 Å². The zero-order chi connectivity index (χ0) is 22.8. The summed E-state index contributed by atoms with van der Waals surface area (Å²) in [5, 5.41) is 18.5. The van der Waals surface area contributed by atoms with Gasteiger partial charge in [0.2, 0.25) is 0 Å². The summed E-state index contributed by atoms with van der Waals surface area (Å²) in [6.45, 7) is 0.307. The van der Waals surface area contributed by atoms with Crippen LogP contribution in [0.5, 0.6) is 11.5 Å². The minimum atomic E-state index is 0.307. The molecule has 12 heteroatoms. The molecule has 0 aliphatic carbocycles. The molecular formula is C21H20N10O2. The minimum Gasteiger partial charge on any atom is -0.497 e. The van der Waals surface area contributed by atoms with E-state index >= 15 is 0 Å². The molecule has 33 heavy (non-hydrogen) atoms. The Labute approximate surface area is 188 Å². The Hall–Kier alpha value is -4.61. The lowest BCUT2D eigenvalue weighted by atomic mass is 10.2. The zero-order valence-corrected chi connectivity index (χ0v) is 18.2. The van der Waals surface area contributed by atoms with E-state index in [0.717, 1.165) is 11.3 Å². The van der Waals surface area contributed by atoms with E-state index in [1.165, 1.54) is 0 Å². The highest BCUT2D eigenvalue weighted by Gasteiger charge is 2.18. The fourth-order valence-corrected chi connectivity index (χ4v) is 3.37. The third kappa shape index (κ3) is 4.13.